The zero-order chi connectivity index (χ0) is 20.6. The van der Waals surface area contributed by atoms with Crippen LogP contribution in [-0.4, -0.2) is 38.4 Å². The summed E-state index contributed by atoms with van der Waals surface area (Å²) in [6.07, 6.45) is 1.46. The number of hydrogen-bond donors (Lipinski definition) is 1. The van der Waals surface area contributed by atoms with Crippen molar-refractivity contribution in [3.8, 4) is 11.5 Å². The first-order valence-electron chi connectivity index (χ1n) is 8.89. The van der Waals surface area contributed by atoms with Gasteiger partial charge in [-0.15, -0.1) is 0 Å². The molecule has 0 aliphatic rings. The van der Waals surface area contributed by atoms with Gasteiger partial charge >= 0.3 is 11.9 Å². The van der Waals surface area contributed by atoms with Crippen molar-refractivity contribution in [3.05, 3.63) is 59.9 Å². The molecular weight excluding hydrogens is 376 g/mol. The van der Waals surface area contributed by atoms with Crippen LogP contribution in [0.25, 0.3) is 11.0 Å². The number of esters is 1. The molecule has 1 amide bonds. The summed E-state index contributed by atoms with van der Waals surface area (Å²) in [5.74, 6) is 0.0572. The van der Waals surface area contributed by atoms with Gasteiger partial charge in [-0.2, -0.15) is 5.10 Å². The first-order chi connectivity index (χ1) is 14.1. The van der Waals surface area contributed by atoms with Gasteiger partial charge in [0.05, 0.1) is 19.9 Å². The monoisotopic (exact) mass is 396 g/mol. The van der Waals surface area contributed by atoms with Gasteiger partial charge in [-0.05, 0) is 42.8 Å². The fraction of sp³-hybridized carbons (Fsp3) is 0.190. The van der Waals surface area contributed by atoms with Crippen LogP contribution in [0.4, 0.5) is 0 Å². The molecule has 8 heteroatoms. The normalized spacial score (nSPS) is 10.8. The molecule has 0 unspecified atom stereocenters. The smallest absolute Gasteiger partial charge is 0.344 e. The van der Waals surface area contributed by atoms with E-state index in [-0.39, 0.29) is 19.0 Å². The van der Waals surface area contributed by atoms with E-state index in [2.05, 4.69) is 10.5 Å². The summed E-state index contributed by atoms with van der Waals surface area (Å²) in [5.41, 5.74) is 3.71. The van der Waals surface area contributed by atoms with Crippen LogP contribution in [0.15, 0.2) is 58.0 Å². The van der Waals surface area contributed by atoms with Crippen LogP contribution < -0.4 is 14.9 Å². The topological polar surface area (TPSA) is 99.4 Å². The van der Waals surface area contributed by atoms with Gasteiger partial charge < -0.3 is 18.6 Å². The highest BCUT2D eigenvalue weighted by Gasteiger charge is 2.11. The van der Waals surface area contributed by atoms with Crippen LogP contribution in [0.2, 0.25) is 0 Å². The Kier molecular flexibility index (Phi) is 6.47. The predicted molar refractivity (Wildman–Crippen MR) is 106 cm³/mol. The molecule has 1 N–H and O–H groups in total. The summed E-state index contributed by atoms with van der Waals surface area (Å²) in [4.78, 5) is 23.6. The molecular formula is C21H20N2O6. The molecule has 0 fully saturated rings. The Morgan fingerprint density at radius 3 is 2.72 bits per heavy atom. The second kappa shape index (κ2) is 9.41. The number of nitrogens with zero attached hydrogens (tertiary/aromatic N) is 1. The Bertz CT molecular complexity index is 1010. The molecule has 8 nitrogen and oxygen atoms in total. The molecule has 0 saturated heterocycles. The van der Waals surface area contributed by atoms with Gasteiger partial charge in [-0.1, -0.05) is 18.2 Å². The first kappa shape index (κ1) is 19.9. The van der Waals surface area contributed by atoms with E-state index in [9.17, 15) is 9.59 Å². The number of amides is 1. The number of rotatable bonds is 8. The fourth-order valence-electron chi connectivity index (χ4n) is 2.54. The maximum absolute atomic E-state index is 12.2. The number of furan rings is 1. The highest BCUT2D eigenvalue weighted by Crippen LogP contribution is 2.27. The van der Waals surface area contributed by atoms with Gasteiger partial charge in [-0.3, -0.25) is 4.79 Å². The molecule has 2 aromatic carbocycles. The van der Waals surface area contributed by atoms with Crippen molar-refractivity contribution in [1.29, 1.82) is 0 Å². The van der Waals surface area contributed by atoms with E-state index in [1.54, 1.807) is 37.3 Å². The predicted octanol–water partition coefficient (Wildman–Crippen LogP) is 3.15. The number of methoxy groups -OCH3 is 1. The number of benzene rings is 2. The molecule has 0 radical (unpaired) electrons. The largest absolute Gasteiger partial charge is 0.493 e. The number of carbonyl (C=O) groups is 2. The van der Waals surface area contributed by atoms with Crippen molar-refractivity contribution < 1.29 is 28.2 Å². The minimum absolute atomic E-state index is 0.170. The Hall–Kier alpha value is -3.81. The van der Waals surface area contributed by atoms with Crippen molar-refractivity contribution in [3.63, 3.8) is 0 Å². The van der Waals surface area contributed by atoms with E-state index in [1.165, 1.54) is 13.3 Å². The van der Waals surface area contributed by atoms with Gasteiger partial charge in [0.1, 0.15) is 5.58 Å². The lowest BCUT2D eigenvalue weighted by atomic mass is 10.2. The average Bonchev–Trinajstić information content (AvgIpc) is 3.17. The third-order valence-corrected chi connectivity index (χ3v) is 3.87. The molecule has 29 heavy (non-hydrogen) atoms. The summed E-state index contributed by atoms with van der Waals surface area (Å²) in [6.45, 7) is 1.79. The molecule has 0 spiro atoms. The fourth-order valence-corrected chi connectivity index (χ4v) is 2.54. The molecule has 3 rings (SSSR count). The Labute approximate surface area is 167 Å². The Morgan fingerprint density at radius 1 is 1.14 bits per heavy atom. The minimum atomic E-state index is -0.464. The van der Waals surface area contributed by atoms with E-state index in [4.69, 9.17) is 18.6 Å². The summed E-state index contributed by atoms with van der Waals surface area (Å²) in [6, 6.07) is 14.0. The quantitative estimate of drug-likeness (QED) is 0.357. The van der Waals surface area contributed by atoms with Gasteiger partial charge in [0, 0.05) is 5.39 Å². The van der Waals surface area contributed by atoms with Crippen molar-refractivity contribution >= 4 is 29.1 Å². The minimum Gasteiger partial charge on any atom is -0.493 e. The average molecular weight is 396 g/mol. The lowest BCUT2D eigenvalue weighted by Crippen LogP contribution is -2.16. The molecule has 0 aliphatic carbocycles. The highest BCUT2D eigenvalue weighted by atomic mass is 16.6. The van der Waals surface area contributed by atoms with E-state index in [0.717, 1.165) is 5.39 Å². The molecule has 150 valence electrons. The molecule has 3 aromatic rings. The van der Waals surface area contributed by atoms with Crippen molar-refractivity contribution in [2.24, 2.45) is 5.10 Å². The molecule has 0 aliphatic heterocycles. The number of nitrogens with one attached hydrogen (secondary N) is 1. The zero-order valence-electron chi connectivity index (χ0n) is 16.0. The van der Waals surface area contributed by atoms with Crippen LogP contribution >= 0.6 is 0 Å². The zero-order valence-corrected chi connectivity index (χ0v) is 16.0. The number of hydrazone groups is 1. The van der Waals surface area contributed by atoms with E-state index < -0.39 is 11.9 Å². The van der Waals surface area contributed by atoms with Gasteiger partial charge in [0.25, 0.3) is 0 Å². The third kappa shape index (κ3) is 5.13. The lowest BCUT2D eigenvalue weighted by Gasteiger charge is -2.10. The second-order valence-electron chi connectivity index (χ2n) is 5.85. The van der Waals surface area contributed by atoms with Crippen molar-refractivity contribution in [2.75, 3.05) is 20.3 Å². The van der Waals surface area contributed by atoms with Gasteiger partial charge in [0.2, 0.25) is 0 Å². The maximum atomic E-state index is 12.2. The van der Waals surface area contributed by atoms with E-state index >= 15 is 0 Å². The van der Waals surface area contributed by atoms with Crippen LogP contribution in [-0.2, 0) is 9.53 Å². The highest BCUT2D eigenvalue weighted by molar-refractivity contribution is 5.96. The number of carbonyl (C=O) groups excluding carboxylic acids is 2. The summed E-state index contributed by atoms with van der Waals surface area (Å²) in [7, 11) is 1.48. The summed E-state index contributed by atoms with van der Waals surface area (Å²) in [5, 5.41) is 4.77. The lowest BCUT2D eigenvalue weighted by molar-refractivity contribution is -0.145. The van der Waals surface area contributed by atoms with Crippen LogP contribution in [0.1, 0.15) is 23.0 Å². The van der Waals surface area contributed by atoms with Gasteiger partial charge in [0.15, 0.2) is 23.9 Å². The van der Waals surface area contributed by atoms with Gasteiger partial charge in [-0.25, -0.2) is 10.2 Å². The van der Waals surface area contributed by atoms with Crippen molar-refractivity contribution in [1.82, 2.24) is 5.43 Å². The Balaban J connectivity index is 1.62. The van der Waals surface area contributed by atoms with E-state index in [1.807, 2.05) is 18.2 Å². The SMILES string of the molecule is CCOC(=O)COc1ccc(/C=N/NC(=O)c2cc3ccccc3o2)cc1OC. The second-order valence-corrected chi connectivity index (χ2v) is 5.85. The van der Waals surface area contributed by atoms with Crippen molar-refractivity contribution in [2.45, 2.75) is 6.92 Å². The van der Waals surface area contributed by atoms with E-state index in [0.29, 0.717) is 22.6 Å². The van der Waals surface area contributed by atoms with Crippen LogP contribution in [0, 0.1) is 0 Å². The maximum Gasteiger partial charge on any atom is 0.344 e. The molecule has 1 aromatic heterocycles. The molecule has 0 atom stereocenters. The van der Waals surface area contributed by atoms with Crippen LogP contribution in [0.5, 0.6) is 11.5 Å². The number of ether oxygens (including phenoxy) is 3. The Morgan fingerprint density at radius 2 is 1.97 bits per heavy atom. The molecule has 1 heterocycles. The molecule has 0 saturated carbocycles. The number of fused-ring (bicyclic) bond motifs is 1. The molecule has 0 bridgehead atoms. The summed E-state index contributed by atoms with van der Waals surface area (Å²) < 4.78 is 21.0. The standard InChI is InChI=1S/C21H20N2O6/c1-3-27-20(24)13-28-17-9-8-14(10-18(17)26-2)12-22-23-21(25)19-11-15-6-4-5-7-16(15)29-19/h4-12H,3,13H2,1-2H3,(H,23,25)/b22-12+. The number of hydrogen-bond acceptors (Lipinski definition) is 7. The summed E-state index contributed by atoms with van der Waals surface area (Å²) >= 11 is 0. The first-order valence-corrected chi connectivity index (χ1v) is 8.89. The van der Waals surface area contributed by atoms with Crippen LogP contribution in [0.3, 0.4) is 0 Å². The third-order valence-electron chi connectivity index (χ3n) is 3.87. The number of para-hydroxylation sites is 1.